The lowest BCUT2D eigenvalue weighted by atomic mass is 9.92. The predicted octanol–water partition coefficient (Wildman–Crippen LogP) is 7.65. The molecule has 1 amide bonds. The number of rotatable bonds is 9. The van der Waals surface area contributed by atoms with Crippen molar-refractivity contribution in [3.05, 3.63) is 114 Å². The summed E-state index contributed by atoms with van der Waals surface area (Å²) in [7, 11) is 0. The summed E-state index contributed by atoms with van der Waals surface area (Å²) in [5, 5.41) is 12.0. The zero-order chi connectivity index (χ0) is 26.1. The Morgan fingerprint density at radius 1 is 1.11 bits per heavy atom. The van der Waals surface area contributed by atoms with Crippen molar-refractivity contribution < 1.29 is 9.90 Å². The second-order valence-corrected chi connectivity index (χ2v) is 8.08. The van der Waals surface area contributed by atoms with Crippen molar-refractivity contribution in [2.75, 3.05) is 0 Å². The fourth-order valence-corrected chi connectivity index (χ4v) is 3.34. The molecule has 0 saturated heterocycles. The first-order valence-corrected chi connectivity index (χ1v) is 12.1. The third-order valence-corrected chi connectivity index (χ3v) is 5.36. The van der Waals surface area contributed by atoms with Gasteiger partial charge in [-0.1, -0.05) is 93.3 Å². The molecule has 0 aromatic heterocycles. The number of aryl methyl sites for hydroxylation is 1. The Hall–Kier alpha value is -3.66. The van der Waals surface area contributed by atoms with E-state index < -0.39 is 0 Å². The summed E-state index contributed by atoms with van der Waals surface area (Å²) >= 11 is 0. The molecule has 35 heavy (non-hydrogen) atoms. The summed E-state index contributed by atoms with van der Waals surface area (Å²) < 4.78 is 0. The van der Waals surface area contributed by atoms with Gasteiger partial charge in [0.2, 0.25) is 5.91 Å². The van der Waals surface area contributed by atoms with Crippen LogP contribution in [0.5, 0.6) is 5.75 Å². The van der Waals surface area contributed by atoms with Gasteiger partial charge in [0.1, 0.15) is 11.6 Å². The van der Waals surface area contributed by atoms with Crippen LogP contribution < -0.4 is 5.32 Å². The molecule has 0 saturated carbocycles. The number of carbonyl (C=O) groups excluding carboxylic acids is 1. The maximum Gasteiger partial charge on any atom is 0.224 e. The SMILES string of the molecule is C/C=C(/CCc1ccccc1)N=C(C)NC(=O)CC.C=C/C=C(\C=C/C)C(C)c1ccc(O)cc1. The van der Waals surface area contributed by atoms with E-state index in [0.717, 1.165) is 18.5 Å². The van der Waals surface area contributed by atoms with Crippen LogP contribution in [0.3, 0.4) is 0 Å². The van der Waals surface area contributed by atoms with Gasteiger partial charge in [-0.05, 0) is 62.4 Å². The molecule has 0 aliphatic rings. The van der Waals surface area contributed by atoms with Gasteiger partial charge in [-0.25, -0.2) is 4.99 Å². The molecule has 0 bridgehead atoms. The van der Waals surface area contributed by atoms with Crippen LogP contribution in [0.25, 0.3) is 0 Å². The maximum absolute atomic E-state index is 11.3. The summed E-state index contributed by atoms with van der Waals surface area (Å²) in [6.45, 7) is 13.5. The first kappa shape index (κ1) is 29.4. The average molecular weight is 473 g/mol. The molecular weight excluding hydrogens is 432 g/mol. The predicted molar refractivity (Wildman–Crippen MR) is 150 cm³/mol. The normalized spacial score (nSPS) is 13.1. The Bertz CT molecular complexity index is 1030. The molecule has 0 heterocycles. The summed E-state index contributed by atoms with van der Waals surface area (Å²) in [5.74, 6) is 1.26. The van der Waals surface area contributed by atoms with Crippen molar-refractivity contribution in [3.63, 3.8) is 0 Å². The van der Waals surface area contributed by atoms with Gasteiger partial charge in [-0.15, -0.1) is 0 Å². The van der Waals surface area contributed by atoms with E-state index in [1.807, 2.05) is 76.3 Å². The monoisotopic (exact) mass is 472 g/mol. The molecule has 0 spiro atoms. The van der Waals surface area contributed by atoms with Crippen molar-refractivity contribution in [2.24, 2.45) is 4.99 Å². The van der Waals surface area contributed by atoms with Crippen LogP contribution in [0.1, 0.15) is 64.5 Å². The highest BCUT2D eigenvalue weighted by Crippen LogP contribution is 2.26. The zero-order valence-corrected chi connectivity index (χ0v) is 21.8. The Morgan fingerprint density at radius 2 is 1.77 bits per heavy atom. The molecule has 2 rings (SSSR count). The number of phenolic OH excluding ortho intramolecular Hbond substituents is 1. The molecule has 1 atom stereocenters. The summed E-state index contributed by atoms with van der Waals surface area (Å²) in [6.07, 6.45) is 12.2. The molecule has 2 N–H and O–H groups in total. The summed E-state index contributed by atoms with van der Waals surface area (Å²) in [5.41, 5.74) is 4.69. The number of nitrogens with zero attached hydrogens (tertiary/aromatic N) is 1. The lowest BCUT2D eigenvalue weighted by Gasteiger charge is -2.13. The van der Waals surface area contributed by atoms with Crippen LogP contribution in [-0.4, -0.2) is 16.8 Å². The lowest BCUT2D eigenvalue weighted by Crippen LogP contribution is -2.27. The van der Waals surface area contributed by atoms with E-state index >= 15 is 0 Å². The average Bonchev–Trinajstić information content (AvgIpc) is 2.87. The number of benzene rings is 2. The van der Waals surface area contributed by atoms with Gasteiger partial charge < -0.3 is 10.4 Å². The third-order valence-electron chi connectivity index (χ3n) is 5.36. The Labute approximate surface area is 211 Å². The largest absolute Gasteiger partial charge is 0.508 e. The number of allylic oxidation sites excluding steroid dienone is 7. The fourth-order valence-electron chi connectivity index (χ4n) is 3.34. The van der Waals surface area contributed by atoms with Crippen LogP contribution in [0.4, 0.5) is 0 Å². The quantitative estimate of drug-likeness (QED) is 0.224. The molecule has 0 aliphatic heterocycles. The Morgan fingerprint density at radius 3 is 2.31 bits per heavy atom. The van der Waals surface area contributed by atoms with Crippen molar-refractivity contribution >= 4 is 11.7 Å². The van der Waals surface area contributed by atoms with Crippen molar-refractivity contribution in [3.8, 4) is 5.75 Å². The number of hydrogen-bond acceptors (Lipinski definition) is 3. The molecule has 2 aromatic rings. The Balaban J connectivity index is 0.000000355. The summed E-state index contributed by atoms with van der Waals surface area (Å²) in [4.78, 5) is 15.7. The second-order valence-electron chi connectivity index (χ2n) is 8.08. The molecule has 0 fully saturated rings. The van der Waals surface area contributed by atoms with Gasteiger partial charge in [0, 0.05) is 18.0 Å². The van der Waals surface area contributed by atoms with Crippen molar-refractivity contribution in [1.29, 1.82) is 0 Å². The van der Waals surface area contributed by atoms with Crippen LogP contribution in [-0.2, 0) is 11.2 Å². The van der Waals surface area contributed by atoms with Gasteiger partial charge >= 0.3 is 0 Å². The number of amidine groups is 1. The van der Waals surface area contributed by atoms with Crippen LogP contribution in [0, 0.1) is 0 Å². The van der Waals surface area contributed by atoms with Gasteiger partial charge in [0.15, 0.2) is 0 Å². The molecular formula is C31H40N2O2. The van der Waals surface area contributed by atoms with Crippen LogP contribution >= 0.6 is 0 Å². The number of amides is 1. The first-order valence-electron chi connectivity index (χ1n) is 12.1. The second kappa shape index (κ2) is 16.9. The van der Waals surface area contributed by atoms with E-state index in [9.17, 15) is 9.90 Å². The topological polar surface area (TPSA) is 61.7 Å². The van der Waals surface area contributed by atoms with E-state index in [1.165, 1.54) is 16.7 Å². The van der Waals surface area contributed by atoms with E-state index in [1.54, 1.807) is 18.2 Å². The van der Waals surface area contributed by atoms with Gasteiger partial charge in [-0.3, -0.25) is 4.79 Å². The highest BCUT2D eigenvalue weighted by atomic mass is 16.3. The number of aromatic hydroxyl groups is 1. The highest BCUT2D eigenvalue weighted by molar-refractivity contribution is 5.97. The van der Waals surface area contributed by atoms with Crippen molar-refractivity contribution in [1.82, 2.24) is 5.32 Å². The van der Waals surface area contributed by atoms with Crippen molar-refractivity contribution in [2.45, 2.75) is 59.8 Å². The maximum atomic E-state index is 11.3. The smallest absolute Gasteiger partial charge is 0.224 e. The standard InChI is InChI=1S/C16H22N2O.C15H18O/c1-4-15(17-13(3)18-16(19)5-2)12-11-14-9-7-6-8-10-14;1-4-6-13(7-5-2)12(3)14-8-10-15(16)11-9-14/h4,6-10H,5,11-12H2,1-3H3,(H,17,18,19);4-12,16H,1H2,2-3H3/b15-4-;7-5-,13-6+. The summed E-state index contributed by atoms with van der Waals surface area (Å²) in [6, 6.07) is 17.6. The zero-order valence-electron chi connectivity index (χ0n) is 21.8. The minimum absolute atomic E-state index is 0.000220. The fraction of sp³-hybridized carbons (Fsp3) is 0.290. The van der Waals surface area contributed by atoms with Gasteiger partial charge in [0.05, 0.1) is 0 Å². The molecule has 0 radical (unpaired) electrons. The Kier molecular flexibility index (Phi) is 14.2. The van der Waals surface area contributed by atoms with Crippen LogP contribution in [0.2, 0.25) is 0 Å². The lowest BCUT2D eigenvalue weighted by molar-refractivity contribution is -0.119. The number of hydrogen-bond donors (Lipinski definition) is 2. The number of phenols is 1. The minimum atomic E-state index is -0.000220. The van der Waals surface area contributed by atoms with E-state index in [2.05, 4.69) is 42.0 Å². The van der Waals surface area contributed by atoms with E-state index in [-0.39, 0.29) is 5.91 Å². The molecule has 4 nitrogen and oxygen atoms in total. The first-order chi connectivity index (χ1) is 16.8. The molecule has 0 aliphatic carbocycles. The third kappa shape index (κ3) is 11.9. The molecule has 1 unspecified atom stereocenters. The molecule has 4 heteroatoms. The van der Waals surface area contributed by atoms with Gasteiger partial charge in [0.25, 0.3) is 0 Å². The minimum Gasteiger partial charge on any atom is -0.508 e. The van der Waals surface area contributed by atoms with Gasteiger partial charge in [-0.2, -0.15) is 0 Å². The number of aliphatic imine (C=N–C) groups is 1. The number of carbonyl (C=O) groups is 1. The highest BCUT2D eigenvalue weighted by Gasteiger charge is 2.08. The van der Waals surface area contributed by atoms with E-state index in [0.29, 0.717) is 23.9 Å². The molecule has 2 aromatic carbocycles. The molecule has 186 valence electrons. The number of nitrogens with one attached hydrogen (secondary N) is 1. The van der Waals surface area contributed by atoms with Crippen LogP contribution in [0.15, 0.2) is 108 Å². The van der Waals surface area contributed by atoms with E-state index in [4.69, 9.17) is 0 Å².